The smallest absolute Gasteiger partial charge is 0.364 e. The molecule has 8 bridgehead atoms. The van der Waals surface area contributed by atoms with Crippen LogP contribution in [0.1, 0.15) is 77.0 Å². The molecule has 0 heterocycles. The average Bonchev–Trinajstić information content (AvgIpc) is 2.65. The molecule has 29 heavy (non-hydrogen) atoms. The van der Waals surface area contributed by atoms with Crippen molar-refractivity contribution in [3.63, 3.8) is 0 Å². The van der Waals surface area contributed by atoms with Gasteiger partial charge in [0.2, 0.25) is 0 Å². The Hall–Kier alpha value is -1.10. The SMILES string of the molecule is COC(OC(=O)C12CC3CC(CC(C3)C1)C2)OC(=O)C12CC3CC(CC(C3)C1)C2. The molecule has 0 aromatic heterocycles. The van der Waals surface area contributed by atoms with Crippen LogP contribution < -0.4 is 0 Å². The van der Waals surface area contributed by atoms with Crippen molar-refractivity contribution >= 4 is 11.9 Å². The van der Waals surface area contributed by atoms with Gasteiger partial charge in [-0.2, -0.15) is 0 Å². The lowest BCUT2D eigenvalue weighted by atomic mass is 9.49. The van der Waals surface area contributed by atoms with Crippen LogP contribution in [0, 0.1) is 46.3 Å². The topological polar surface area (TPSA) is 61.8 Å². The van der Waals surface area contributed by atoms with E-state index in [4.69, 9.17) is 14.2 Å². The minimum absolute atomic E-state index is 0.193. The Morgan fingerprint density at radius 3 is 1.14 bits per heavy atom. The van der Waals surface area contributed by atoms with Crippen LogP contribution in [-0.2, 0) is 23.8 Å². The highest BCUT2D eigenvalue weighted by molar-refractivity contribution is 5.79. The first-order chi connectivity index (χ1) is 14.0. The van der Waals surface area contributed by atoms with Crippen molar-refractivity contribution in [2.45, 2.75) is 83.5 Å². The molecule has 0 atom stereocenters. The van der Waals surface area contributed by atoms with Gasteiger partial charge in [-0.3, -0.25) is 9.59 Å². The molecule has 0 saturated heterocycles. The van der Waals surface area contributed by atoms with Crippen molar-refractivity contribution in [3.05, 3.63) is 0 Å². The van der Waals surface area contributed by atoms with Gasteiger partial charge in [-0.25, -0.2) is 0 Å². The van der Waals surface area contributed by atoms with Crippen molar-refractivity contribution < 1.29 is 23.8 Å². The summed E-state index contributed by atoms with van der Waals surface area (Å²) in [5.74, 6) is 3.64. The minimum atomic E-state index is -1.20. The molecule has 8 saturated carbocycles. The van der Waals surface area contributed by atoms with Gasteiger partial charge in [0.1, 0.15) is 0 Å². The van der Waals surface area contributed by atoms with Gasteiger partial charge >= 0.3 is 18.4 Å². The molecule has 8 rings (SSSR count). The number of methoxy groups -OCH3 is 1. The van der Waals surface area contributed by atoms with Gasteiger partial charge in [-0.1, -0.05) is 0 Å². The fourth-order valence-electron chi connectivity index (χ4n) is 9.27. The van der Waals surface area contributed by atoms with Crippen molar-refractivity contribution in [3.8, 4) is 0 Å². The Balaban J connectivity index is 1.13. The summed E-state index contributed by atoms with van der Waals surface area (Å²) in [6.45, 7) is -1.20. The maximum absolute atomic E-state index is 13.2. The summed E-state index contributed by atoms with van der Waals surface area (Å²) in [6.07, 6.45) is 13.3. The van der Waals surface area contributed by atoms with E-state index < -0.39 is 6.48 Å². The highest BCUT2D eigenvalue weighted by Gasteiger charge is 2.58. The second-order valence-corrected chi connectivity index (χ2v) is 11.7. The molecular weight excluding hydrogens is 368 g/mol. The van der Waals surface area contributed by atoms with Gasteiger partial charge in [-0.15, -0.1) is 0 Å². The number of carbonyl (C=O) groups is 2. The van der Waals surface area contributed by atoms with Crippen molar-refractivity contribution in [1.82, 2.24) is 0 Å². The summed E-state index contributed by atoms with van der Waals surface area (Å²) < 4.78 is 16.8. The molecule has 0 radical (unpaired) electrons. The highest BCUT2D eigenvalue weighted by Crippen LogP contribution is 2.61. The van der Waals surface area contributed by atoms with Crippen LogP contribution in [0.25, 0.3) is 0 Å². The highest BCUT2D eigenvalue weighted by atomic mass is 16.9. The van der Waals surface area contributed by atoms with E-state index in [0.29, 0.717) is 35.5 Å². The van der Waals surface area contributed by atoms with E-state index >= 15 is 0 Å². The third-order valence-electron chi connectivity index (χ3n) is 9.54. The van der Waals surface area contributed by atoms with Crippen molar-refractivity contribution in [1.29, 1.82) is 0 Å². The van der Waals surface area contributed by atoms with Gasteiger partial charge in [0.05, 0.1) is 10.8 Å². The molecule has 8 aliphatic rings. The van der Waals surface area contributed by atoms with Gasteiger partial charge in [0.25, 0.3) is 0 Å². The molecule has 5 nitrogen and oxygen atoms in total. The van der Waals surface area contributed by atoms with E-state index in [9.17, 15) is 9.59 Å². The zero-order valence-corrected chi connectivity index (χ0v) is 17.6. The fraction of sp³-hybridized carbons (Fsp3) is 0.917. The third-order valence-corrected chi connectivity index (χ3v) is 9.54. The predicted molar refractivity (Wildman–Crippen MR) is 104 cm³/mol. The van der Waals surface area contributed by atoms with Crippen molar-refractivity contribution in [2.24, 2.45) is 46.3 Å². The molecule has 0 spiro atoms. The largest absolute Gasteiger partial charge is 0.400 e. The average molecular weight is 403 g/mol. The normalized spacial score (nSPS) is 49.8. The van der Waals surface area contributed by atoms with Gasteiger partial charge < -0.3 is 14.2 Å². The van der Waals surface area contributed by atoms with Crippen LogP contribution in [0.5, 0.6) is 0 Å². The molecule has 0 N–H and O–H groups in total. The maximum atomic E-state index is 13.2. The molecule has 0 aliphatic heterocycles. The number of esters is 2. The number of hydrogen-bond acceptors (Lipinski definition) is 5. The maximum Gasteiger partial charge on any atom is 0.364 e. The van der Waals surface area contributed by atoms with Crippen molar-refractivity contribution in [2.75, 3.05) is 7.11 Å². The molecule has 8 aliphatic carbocycles. The third kappa shape index (κ3) is 2.97. The molecule has 8 fully saturated rings. The number of carbonyl (C=O) groups excluding carboxylic acids is 2. The first-order valence-corrected chi connectivity index (χ1v) is 11.9. The van der Waals surface area contributed by atoms with E-state index in [2.05, 4.69) is 0 Å². The molecular formula is C24H34O5. The molecule has 0 aromatic carbocycles. The van der Waals surface area contributed by atoms with E-state index in [1.54, 1.807) is 0 Å². The summed E-state index contributed by atoms with van der Waals surface area (Å²) in [7, 11) is 1.46. The summed E-state index contributed by atoms with van der Waals surface area (Å²) in [5, 5.41) is 0. The van der Waals surface area contributed by atoms with Crippen LogP contribution in [0.15, 0.2) is 0 Å². The zero-order chi connectivity index (χ0) is 19.8. The Morgan fingerprint density at radius 2 is 0.897 bits per heavy atom. The van der Waals surface area contributed by atoms with Crippen LogP contribution in [0.3, 0.4) is 0 Å². The molecule has 160 valence electrons. The molecule has 0 aromatic rings. The second-order valence-electron chi connectivity index (χ2n) is 11.7. The van der Waals surface area contributed by atoms with Crippen LogP contribution >= 0.6 is 0 Å². The summed E-state index contributed by atoms with van der Waals surface area (Å²) >= 11 is 0. The summed E-state index contributed by atoms with van der Waals surface area (Å²) in [5.41, 5.74) is -0.725. The molecule has 0 amide bonds. The Bertz CT molecular complexity index is 583. The Kier molecular flexibility index (Phi) is 4.15. The number of hydrogen-bond donors (Lipinski definition) is 0. The first-order valence-electron chi connectivity index (χ1n) is 11.9. The number of rotatable bonds is 5. The number of ether oxygens (including phenoxy) is 3. The molecule has 0 unspecified atom stereocenters. The van der Waals surface area contributed by atoms with Crippen LogP contribution in [0.2, 0.25) is 0 Å². The molecule has 5 heteroatoms. The lowest BCUT2D eigenvalue weighted by Gasteiger charge is -2.55. The van der Waals surface area contributed by atoms with Gasteiger partial charge in [0, 0.05) is 7.11 Å². The zero-order valence-electron chi connectivity index (χ0n) is 17.6. The second kappa shape index (κ2) is 6.45. The van der Waals surface area contributed by atoms with E-state index in [-0.39, 0.29) is 22.8 Å². The predicted octanol–water partition coefficient (Wildman–Crippen LogP) is 4.44. The standard InChI is InChI=1S/C24H34O5/c1-27-22(28-20(25)23-8-14-2-15(9-23)4-16(3-14)10-23)29-21(26)24-11-17-5-18(12-24)7-19(6-17)13-24/h14-19,22H,2-13H2,1H3. The summed E-state index contributed by atoms with van der Waals surface area (Å²) in [4.78, 5) is 26.4. The van der Waals surface area contributed by atoms with E-state index in [1.807, 2.05) is 0 Å². The van der Waals surface area contributed by atoms with Gasteiger partial charge in [-0.05, 0) is 113 Å². The van der Waals surface area contributed by atoms with Crippen LogP contribution in [0.4, 0.5) is 0 Å². The van der Waals surface area contributed by atoms with E-state index in [1.165, 1.54) is 45.6 Å². The lowest BCUT2D eigenvalue weighted by molar-refractivity contribution is -0.274. The van der Waals surface area contributed by atoms with E-state index in [0.717, 1.165) is 38.5 Å². The fourth-order valence-corrected chi connectivity index (χ4v) is 9.27. The monoisotopic (exact) mass is 402 g/mol. The van der Waals surface area contributed by atoms with Crippen LogP contribution in [-0.4, -0.2) is 25.5 Å². The minimum Gasteiger partial charge on any atom is -0.400 e. The van der Waals surface area contributed by atoms with Gasteiger partial charge in [0.15, 0.2) is 0 Å². The lowest BCUT2D eigenvalue weighted by Crippen LogP contribution is -2.53. The quantitative estimate of drug-likeness (QED) is 0.503. The first kappa shape index (κ1) is 18.7. The Morgan fingerprint density at radius 1 is 0.621 bits per heavy atom. The summed E-state index contributed by atoms with van der Waals surface area (Å²) in [6, 6.07) is 0. The Labute approximate surface area is 173 Å².